The van der Waals surface area contributed by atoms with Crippen LogP contribution in [0.1, 0.15) is 114 Å². The largest absolute Gasteiger partial charge is 0.0654 e. The fourth-order valence-electron chi connectivity index (χ4n) is 7.11. The first-order valence-corrected chi connectivity index (χ1v) is 19.2. The highest BCUT2D eigenvalue weighted by atomic mass is 14.2. The van der Waals surface area contributed by atoms with E-state index in [1.165, 1.54) is 131 Å². The van der Waals surface area contributed by atoms with E-state index in [0.717, 1.165) is 25.7 Å². The molecule has 0 aromatic heterocycles. The molecule has 0 amide bonds. The third kappa shape index (κ3) is 9.59. The molecule has 0 N–H and O–H groups in total. The second-order valence-corrected chi connectivity index (χ2v) is 13.8. The lowest BCUT2D eigenvalue weighted by molar-refractivity contribution is 0.664. The Morgan fingerprint density at radius 1 is 0.292 bits per heavy atom. The molecule has 0 saturated carbocycles. The summed E-state index contributed by atoms with van der Waals surface area (Å²) in [5.41, 5.74) is 16.6. The molecule has 5 aromatic rings. The van der Waals surface area contributed by atoms with Gasteiger partial charge in [0.05, 0.1) is 0 Å². The van der Waals surface area contributed by atoms with Gasteiger partial charge in [-0.1, -0.05) is 188 Å². The predicted molar refractivity (Wildman–Crippen MR) is 212 cm³/mol. The van der Waals surface area contributed by atoms with Crippen LogP contribution >= 0.6 is 0 Å². The molecule has 0 unspecified atom stereocenters. The number of unbranched alkanes of at least 4 members (excludes halogenated alkanes) is 6. The van der Waals surface area contributed by atoms with Crippen LogP contribution in [0, 0.1) is 0 Å². The quantitative estimate of drug-likeness (QED) is 0.0841. The van der Waals surface area contributed by atoms with Gasteiger partial charge in [-0.3, -0.25) is 0 Å². The molecule has 0 aliphatic rings. The SMILES string of the molecule is CCCCCCc1cc(-c2ccc(-c3ccc(CCC)cc3)cc2)c(CCCCCC)cc1-c1ccc(-c2ccc(CCC)cc2)cc1. The highest BCUT2D eigenvalue weighted by molar-refractivity contribution is 5.79. The number of aryl methyl sites for hydroxylation is 4. The molecule has 5 rings (SSSR count). The minimum Gasteiger partial charge on any atom is -0.0654 e. The standard InChI is InChI=1S/C48H58/c1-5-9-11-13-17-45-35-48(44-33-29-42(30-34-44)40-25-21-38(16-8-4)22-26-40)46(18-14-12-10-6-2)36-47(45)43-31-27-41(28-32-43)39-23-19-37(15-7-3)20-24-39/h19-36H,5-18H2,1-4H3. The van der Waals surface area contributed by atoms with Crippen molar-refractivity contribution in [1.29, 1.82) is 0 Å². The third-order valence-corrected chi connectivity index (χ3v) is 9.97. The van der Waals surface area contributed by atoms with Gasteiger partial charge in [0.15, 0.2) is 0 Å². The maximum atomic E-state index is 2.56. The van der Waals surface area contributed by atoms with E-state index in [4.69, 9.17) is 0 Å². The maximum Gasteiger partial charge on any atom is -0.0149 e. The normalized spacial score (nSPS) is 11.2. The van der Waals surface area contributed by atoms with Crippen LogP contribution in [0.2, 0.25) is 0 Å². The zero-order valence-electron chi connectivity index (χ0n) is 30.3. The smallest absolute Gasteiger partial charge is 0.0149 e. The first-order valence-electron chi connectivity index (χ1n) is 19.2. The number of hydrogen-bond acceptors (Lipinski definition) is 0. The van der Waals surface area contributed by atoms with E-state index in [-0.39, 0.29) is 0 Å². The lowest BCUT2D eigenvalue weighted by Crippen LogP contribution is -1.99. The average Bonchev–Trinajstić information content (AvgIpc) is 3.13. The molecule has 0 saturated heterocycles. The monoisotopic (exact) mass is 634 g/mol. The Bertz CT molecular complexity index is 1520. The lowest BCUT2D eigenvalue weighted by Gasteiger charge is -2.18. The average molecular weight is 635 g/mol. The van der Waals surface area contributed by atoms with Gasteiger partial charge in [-0.25, -0.2) is 0 Å². The van der Waals surface area contributed by atoms with Crippen molar-refractivity contribution in [3.05, 3.63) is 131 Å². The van der Waals surface area contributed by atoms with Crippen molar-refractivity contribution < 1.29 is 0 Å². The second kappa shape index (κ2) is 18.6. The molecule has 250 valence electrons. The van der Waals surface area contributed by atoms with Crippen molar-refractivity contribution in [3.8, 4) is 44.5 Å². The predicted octanol–water partition coefficient (Wildman–Crippen LogP) is 14.5. The Hall–Kier alpha value is -3.90. The second-order valence-electron chi connectivity index (χ2n) is 13.8. The van der Waals surface area contributed by atoms with Crippen LogP contribution in [0.25, 0.3) is 44.5 Å². The molecule has 0 radical (unpaired) electrons. The van der Waals surface area contributed by atoms with E-state index in [1.54, 1.807) is 0 Å². The molecule has 0 spiro atoms. The van der Waals surface area contributed by atoms with Gasteiger partial charge < -0.3 is 0 Å². The summed E-state index contributed by atoms with van der Waals surface area (Å²) in [5.74, 6) is 0. The van der Waals surface area contributed by atoms with E-state index in [9.17, 15) is 0 Å². The minimum absolute atomic E-state index is 1.13. The maximum absolute atomic E-state index is 2.56. The van der Waals surface area contributed by atoms with E-state index in [2.05, 4.69) is 137 Å². The molecular weight excluding hydrogens is 577 g/mol. The zero-order valence-corrected chi connectivity index (χ0v) is 30.3. The summed E-state index contributed by atoms with van der Waals surface area (Å²) in [6, 6.07) is 42.2. The summed E-state index contributed by atoms with van der Waals surface area (Å²) in [6.07, 6.45) is 17.1. The Labute approximate surface area is 292 Å². The fourth-order valence-corrected chi connectivity index (χ4v) is 7.11. The van der Waals surface area contributed by atoms with Gasteiger partial charge in [0.1, 0.15) is 0 Å². The molecule has 0 aliphatic carbocycles. The highest BCUT2D eigenvalue weighted by Crippen LogP contribution is 2.36. The Morgan fingerprint density at radius 3 is 0.917 bits per heavy atom. The van der Waals surface area contributed by atoms with Gasteiger partial charge in [0, 0.05) is 0 Å². The van der Waals surface area contributed by atoms with Gasteiger partial charge in [-0.2, -0.15) is 0 Å². The molecule has 0 heterocycles. The van der Waals surface area contributed by atoms with Crippen LogP contribution in [0.5, 0.6) is 0 Å². The van der Waals surface area contributed by atoms with E-state index in [0.29, 0.717) is 0 Å². The van der Waals surface area contributed by atoms with Crippen molar-refractivity contribution in [3.63, 3.8) is 0 Å². The van der Waals surface area contributed by atoms with Crippen molar-refractivity contribution in [2.45, 2.75) is 118 Å². The van der Waals surface area contributed by atoms with E-state index >= 15 is 0 Å². The molecule has 0 fully saturated rings. The van der Waals surface area contributed by atoms with Crippen molar-refractivity contribution in [2.75, 3.05) is 0 Å². The minimum atomic E-state index is 1.13. The van der Waals surface area contributed by atoms with Crippen LogP contribution in [0.3, 0.4) is 0 Å². The summed E-state index contributed by atoms with van der Waals surface area (Å²) in [7, 11) is 0. The van der Waals surface area contributed by atoms with Gasteiger partial charge in [-0.05, 0) is 105 Å². The molecule has 0 heteroatoms. The summed E-state index contributed by atoms with van der Waals surface area (Å²) < 4.78 is 0. The van der Waals surface area contributed by atoms with Crippen LogP contribution < -0.4 is 0 Å². The third-order valence-electron chi connectivity index (χ3n) is 9.97. The molecule has 0 aliphatic heterocycles. The number of rotatable bonds is 18. The zero-order chi connectivity index (χ0) is 33.6. The van der Waals surface area contributed by atoms with Crippen molar-refractivity contribution in [1.82, 2.24) is 0 Å². The van der Waals surface area contributed by atoms with Crippen LogP contribution in [-0.4, -0.2) is 0 Å². The van der Waals surface area contributed by atoms with Crippen LogP contribution in [-0.2, 0) is 25.7 Å². The Balaban J connectivity index is 1.49. The lowest BCUT2D eigenvalue weighted by atomic mass is 9.86. The summed E-state index contributed by atoms with van der Waals surface area (Å²) in [5, 5.41) is 0. The molecular formula is C48H58. The molecule has 0 atom stereocenters. The van der Waals surface area contributed by atoms with Crippen molar-refractivity contribution in [2.24, 2.45) is 0 Å². The van der Waals surface area contributed by atoms with E-state index < -0.39 is 0 Å². The Kier molecular flexibility index (Phi) is 13.7. The number of benzene rings is 5. The first kappa shape index (κ1) is 35.4. The van der Waals surface area contributed by atoms with Gasteiger partial charge in [0.25, 0.3) is 0 Å². The summed E-state index contributed by atoms with van der Waals surface area (Å²) in [4.78, 5) is 0. The fraction of sp³-hybridized carbons (Fsp3) is 0.375. The van der Waals surface area contributed by atoms with E-state index in [1.807, 2.05) is 0 Å². The number of hydrogen-bond donors (Lipinski definition) is 0. The van der Waals surface area contributed by atoms with Gasteiger partial charge in [-0.15, -0.1) is 0 Å². The van der Waals surface area contributed by atoms with Crippen LogP contribution in [0.4, 0.5) is 0 Å². The Morgan fingerprint density at radius 2 is 0.604 bits per heavy atom. The topological polar surface area (TPSA) is 0 Å². The summed E-state index contributed by atoms with van der Waals surface area (Å²) in [6.45, 7) is 9.10. The molecule has 5 aromatic carbocycles. The first-order chi connectivity index (χ1) is 23.6. The van der Waals surface area contributed by atoms with Crippen molar-refractivity contribution >= 4 is 0 Å². The molecule has 0 bridgehead atoms. The molecule has 0 nitrogen and oxygen atoms in total. The highest BCUT2D eigenvalue weighted by Gasteiger charge is 2.14. The molecule has 48 heavy (non-hydrogen) atoms. The van der Waals surface area contributed by atoms with Gasteiger partial charge in [0.2, 0.25) is 0 Å². The van der Waals surface area contributed by atoms with Crippen LogP contribution in [0.15, 0.2) is 109 Å². The van der Waals surface area contributed by atoms with Gasteiger partial charge >= 0.3 is 0 Å². The summed E-state index contributed by atoms with van der Waals surface area (Å²) >= 11 is 0.